The first kappa shape index (κ1) is 14.3. The van der Waals surface area contributed by atoms with Gasteiger partial charge in [0, 0.05) is 31.6 Å². The third-order valence-corrected chi connectivity index (χ3v) is 2.61. The van der Waals surface area contributed by atoms with E-state index in [0.717, 1.165) is 32.4 Å². The van der Waals surface area contributed by atoms with Crippen molar-refractivity contribution in [2.75, 3.05) is 31.3 Å². The van der Waals surface area contributed by atoms with Crippen molar-refractivity contribution in [3.8, 4) is 0 Å². The molecule has 0 fully saturated rings. The number of hydrogen-bond donors (Lipinski definition) is 3. The average Bonchev–Trinajstić information content (AvgIpc) is 2.35. The molecule has 1 rings (SSSR count). The lowest BCUT2D eigenvalue weighted by molar-refractivity contribution is 0.0698. The fourth-order valence-corrected chi connectivity index (χ4v) is 1.66. The number of benzene rings is 1. The van der Waals surface area contributed by atoms with Gasteiger partial charge in [0.2, 0.25) is 0 Å². The molecule has 5 heteroatoms. The smallest absolute Gasteiger partial charge is 0.337 e. The maximum Gasteiger partial charge on any atom is 0.337 e. The Morgan fingerprint density at radius 3 is 2.83 bits per heavy atom. The molecule has 0 amide bonds. The molecule has 1 aromatic carbocycles. The predicted molar refractivity (Wildman–Crippen MR) is 72.0 cm³/mol. The number of nitrogens with one attached hydrogen (secondary N) is 1. The lowest BCUT2D eigenvalue weighted by Gasteiger charge is -2.10. The molecule has 0 heterocycles. The van der Waals surface area contributed by atoms with Crippen LogP contribution >= 0.6 is 0 Å². The lowest BCUT2D eigenvalue weighted by atomic mass is 10.1. The van der Waals surface area contributed by atoms with E-state index in [1.807, 2.05) is 0 Å². The van der Waals surface area contributed by atoms with E-state index in [1.165, 1.54) is 6.07 Å². The van der Waals surface area contributed by atoms with Crippen molar-refractivity contribution in [2.45, 2.75) is 19.3 Å². The molecular weight excluding hydrogens is 232 g/mol. The van der Waals surface area contributed by atoms with Crippen LogP contribution in [0, 0.1) is 0 Å². The van der Waals surface area contributed by atoms with E-state index in [2.05, 4.69) is 5.32 Å². The van der Waals surface area contributed by atoms with Crippen LogP contribution < -0.4 is 11.1 Å². The first-order valence-electron chi connectivity index (χ1n) is 6.00. The zero-order valence-electron chi connectivity index (χ0n) is 10.6. The number of carboxylic acid groups (broad SMARTS) is 1. The van der Waals surface area contributed by atoms with Gasteiger partial charge >= 0.3 is 5.97 Å². The Labute approximate surface area is 107 Å². The van der Waals surface area contributed by atoms with Crippen molar-refractivity contribution in [3.05, 3.63) is 23.8 Å². The highest BCUT2D eigenvalue weighted by Crippen LogP contribution is 2.19. The first-order valence-corrected chi connectivity index (χ1v) is 6.00. The molecular formula is C13H20N2O3. The van der Waals surface area contributed by atoms with E-state index in [9.17, 15) is 4.79 Å². The minimum atomic E-state index is -0.968. The van der Waals surface area contributed by atoms with E-state index >= 15 is 0 Å². The summed E-state index contributed by atoms with van der Waals surface area (Å²) in [7, 11) is 1.69. The molecule has 4 N–H and O–H groups in total. The van der Waals surface area contributed by atoms with Gasteiger partial charge in [0.25, 0.3) is 0 Å². The molecule has 100 valence electrons. The molecule has 0 saturated carbocycles. The van der Waals surface area contributed by atoms with Crippen LogP contribution in [0.5, 0.6) is 0 Å². The van der Waals surface area contributed by atoms with Crippen LogP contribution in [-0.4, -0.2) is 31.3 Å². The van der Waals surface area contributed by atoms with Gasteiger partial charge in [-0.25, -0.2) is 4.79 Å². The second kappa shape index (κ2) is 7.55. The Kier molecular flexibility index (Phi) is 6.00. The third-order valence-electron chi connectivity index (χ3n) is 2.61. The van der Waals surface area contributed by atoms with Gasteiger partial charge in [0.15, 0.2) is 0 Å². The van der Waals surface area contributed by atoms with Gasteiger partial charge in [-0.05, 0) is 37.5 Å². The Bertz CT molecular complexity index is 394. The van der Waals surface area contributed by atoms with E-state index in [4.69, 9.17) is 15.6 Å². The number of methoxy groups -OCH3 is 1. The molecule has 0 aliphatic carbocycles. The van der Waals surface area contributed by atoms with Crippen LogP contribution in [0.1, 0.15) is 29.6 Å². The SMILES string of the molecule is COCCCCCNc1ccc(N)cc1C(=O)O. The van der Waals surface area contributed by atoms with Gasteiger partial charge in [-0.3, -0.25) is 0 Å². The number of carboxylic acids is 1. The maximum absolute atomic E-state index is 11.0. The topological polar surface area (TPSA) is 84.6 Å². The van der Waals surface area contributed by atoms with Gasteiger partial charge in [-0.1, -0.05) is 0 Å². The summed E-state index contributed by atoms with van der Waals surface area (Å²) in [5.41, 5.74) is 6.86. The van der Waals surface area contributed by atoms with Gasteiger partial charge < -0.3 is 20.9 Å². The first-order chi connectivity index (χ1) is 8.65. The van der Waals surface area contributed by atoms with Crippen molar-refractivity contribution in [1.29, 1.82) is 0 Å². The molecule has 0 unspecified atom stereocenters. The summed E-state index contributed by atoms with van der Waals surface area (Å²) in [5, 5.41) is 12.2. The molecule has 0 saturated heterocycles. The average molecular weight is 252 g/mol. The summed E-state index contributed by atoms with van der Waals surface area (Å²) in [5.74, 6) is -0.968. The fraction of sp³-hybridized carbons (Fsp3) is 0.462. The quantitative estimate of drug-likeness (QED) is 0.488. The summed E-state index contributed by atoms with van der Waals surface area (Å²) in [6.45, 7) is 1.51. The van der Waals surface area contributed by atoms with E-state index in [1.54, 1.807) is 19.2 Å². The van der Waals surface area contributed by atoms with Gasteiger partial charge in [-0.2, -0.15) is 0 Å². The van der Waals surface area contributed by atoms with Gasteiger partial charge in [0.1, 0.15) is 0 Å². The second-order valence-electron chi connectivity index (χ2n) is 4.09. The molecule has 18 heavy (non-hydrogen) atoms. The Balaban J connectivity index is 2.44. The molecule has 0 aromatic heterocycles. The summed E-state index contributed by atoms with van der Waals surface area (Å²) < 4.78 is 4.96. The molecule has 0 atom stereocenters. The molecule has 0 radical (unpaired) electrons. The third kappa shape index (κ3) is 4.63. The Morgan fingerprint density at radius 1 is 1.39 bits per heavy atom. The van der Waals surface area contributed by atoms with Gasteiger partial charge in [-0.15, -0.1) is 0 Å². The van der Waals surface area contributed by atoms with Crippen LogP contribution in [-0.2, 0) is 4.74 Å². The molecule has 0 spiro atoms. The van der Waals surface area contributed by atoms with E-state index in [0.29, 0.717) is 11.4 Å². The number of nitrogens with two attached hydrogens (primary N) is 1. The van der Waals surface area contributed by atoms with Crippen molar-refractivity contribution < 1.29 is 14.6 Å². The fourth-order valence-electron chi connectivity index (χ4n) is 1.66. The highest BCUT2D eigenvalue weighted by Gasteiger charge is 2.09. The monoisotopic (exact) mass is 252 g/mol. The number of nitrogen functional groups attached to an aromatic ring is 1. The number of anilines is 2. The largest absolute Gasteiger partial charge is 0.478 e. The summed E-state index contributed by atoms with van der Waals surface area (Å²) in [6, 6.07) is 4.86. The van der Waals surface area contributed by atoms with E-state index in [-0.39, 0.29) is 5.56 Å². The maximum atomic E-state index is 11.0. The highest BCUT2D eigenvalue weighted by atomic mass is 16.5. The van der Waals surface area contributed by atoms with Crippen molar-refractivity contribution >= 4 is 17.3 Å². The standard InChI is InChI=1S/C13H20N2O3/c1-18-8-4-2-3-7-15-12-6-5-10(14)9-11(12)13(16)17/h5-6,9,15H,2-4,7-8,14H2,1H3,(H,16,17). The number of carbonyl (C=O) groups is 1. The number of aromatic carboxylic acids is 1. The van der Waals surface area contributed by atoms with Gasteiger partial charge in [0.05, 0.1) is 5.56 Å². The summed E-state index contributed by atoms with van der Waals surface area (Å²) >= 11 is 0. The minimum absolute atomic E-state index is 0.215. The summed E-state index contributed by atoms with van der Waals surface area (Å²) in [6.07, 6.45) is 3.05. The highest BCUT2D eigenvalue weighted by molar-refractivity contribution is 5.95. The number of rotatable bonds is 8. The number of hydrogen-bond acceptors (Lipinski definition) is 4. The lowest BCUT2D eigenvalue weighted by Crippen LogP contribution is -2.08. The predicted octanol–water partition coefficient (Wildman–Crippen LogP) is 2.20. The Hall–Kier alpha value is -1.75. The van der Waals surface area contributed by atoms with Crippen molar-refractivity contribution in [3.63, 3.8) is 0 Å². The number of unbranched alkanes of at least 4 members (excludes halogenated alkanes) is 2. The molecule has 0 aliphatic rings. The van der Waals surface area contributed by atoms with Crippen LogP contribution in [0.3, 0.4) is 0 Å². The molecule has 5 nitrogen and oxygen atoms in total. The van der Waals surface area contributed by atoms with Crippen molar-refractivity contribution in [2.24, 2.45) is 0 Å². The molecule has 0 aliphatic heterocycles. The zero-order valence-corrected chi connectivity index (χ0v) is 10.6. The van der Waals surface area contributed by atoms with Crippen LogP contribution in [0.4, 0.5) is 11.4 Å². The van der Waals surface area contributed by atoms with E-state index < -0.39 is 5.97 Å². The van der Waals surface area contributed by atoms with Crippen LogP contribution in [0.15, 0.2) is 18.2 Å². The number of ether oxygens (including phenoxy) is 1. The Morgan fingerprint density at radius 2 is 2.17 bits per heavy atom. The minimum Gasteiger partial charge on any atom is -0.478 e. The van der Waals surface area contributed by atoms with Crippen LogP contribution in [0.25, 0.3) is 0 Å². The summed E-state index contributed by atoms with van der Waals surface area (Å²) in [4.78, 5) is 11.0. The van der Waals surface area contributed by atoms with Crippen LogP contribution in [0.2, 0.25) is 0 Å². The molecule has 1 aromatic rings. The van der Waals surface area contributed by atoms with Crippen molar-refractivity contribution in [1.82, 2.24) is 0 Å². The second-order valence-corrected chi connectivity index (χ2v) is 4.09. The normalized spacial score (nSPS) is 10.3. The zero-order chi connectivity index (χ0) is 13.4. The molecule has 0 bridgehead atoms.